The normalized spacial score (nSPS) is 30.0. The summed E-state index contributed by atoms with van der Waals surface area (Å²) in [4.78, 5) is 0. The number of hydrogen-bond donors (Lipinski definition) is 1. The van der Waals surface area contributed by atoms with E-state index in [1.807, 2.05) is 6.08 Å². The van der Waals surface area contributed by atoms with Crippen LogP contribution in [0.2, 0.25) is 36.3 Å². The van der Waals surface area contributed by atoms with Gasteiger partial charge >= 0.3 is 0 Å². The molecule has 1 spiro atoms. The summed E-state index contributed by atoms with van der Waals surface area (Å²) in [5.41, 5.74) is 0.934. The smallest absolute Gasteiger partial charge is 0.192 e. The number of epoxide rings is 1. The van der Waals surface area contributed by atoms with Crippen molar-refractivity contribution in [2.75, 3.05) is 13.2 Å². The van der Waals surface area contributed by atoms with Crippen LogP contribution in [-0.4, -0.2) is 52.8 Å². The van der Waals surface area contributed by atoms with E-state index in [2.05, 4.69) is 67.7 Å². The Labute approximate surface area is 168 Å². The van der Waals surface area contributed by atoms with Gasteiger partial charge in [0.15, 0.2) is 16.6 Å². The van der Waals surface area contributed by atoms with Gasteiger partial charge in [-0.1, -0.05) is 53.2 Å². The molecule has 0 aromatic rings. The van der Waals surface area contributed by atoms with Gasteiger partial charge in [-0.25, -0.2) is 0 Å². The van der Waals surface area contributed by atoms with Crippen LogP contribution in [0.25, 0.3) is 0 Å². The summed E-state index contributed by atoms with van der Waals surface area (Å²) < 4.78 is 19.8. The average Bonchev–Trinajstić information content (AvgIpc) is 3.23. The van der Waals surface area contributed by atoms with E-state index in [1.54, 1.807) is 0 Å². The molecule has 0 aromatic carbocycles. The first-order valence-electron chi connectivity index (χ1n) is 10.3. The van der Waals surface area contributed by atoms with Crippen LogP contribution < -0.4 is 0 Å². The molecule has 0 bridgehead atoms. The predicted molar refractivity (Wildman–Crippen MR) is 117 cm³/mol. The van der Waals surface area contributed by atoms with Crippen molar-refractivity contribution in [2.45, 2.75) is 108 Å². The van der Waals surface area contributed by atoms with Crippen molar-refractivity contribution in [1.82, 2.24) is 0 Å². The minimum atomic E-state index is -1.93. The Balaban J connectivity index is 2.32. The molecule has 1 saturated carbocycles. The van der Waals surface area contributed by atoms with Gasteiger partial charge in [0.2, 0.25) is 0 Å². The molecule has 0 unspecified atom stereocenters. The topological polar surface area (TPSA) is 51.2 Å². The SMILES string of the molecule is CC(C)(C)[Si](C)(C)O[C@@H]1CC(=CCO)C[C@@H](O[Si](C)(C)C(C)(C)C)C12CO2. The van der Waals surface area contributed by atoms with E-state index >= 15 is 0 Å². The fraction of sp³-hybridized carbons (Fsp3) is 0.905. The summed E-state index contributed by atoms with van der Waals surface area (Å²) >= 11 is 0. The Morgan fingerprint density at radius 3 is 1.59 bits per heavy atom. The zero-order valence-electron chi connectivity index (χ0n) is 19.2. The first kappa shape index (κ1) is 23.3. The third-order valence-electron chi connectivity index (χ3n) is 7.33. The molecule has 6 heteroatoms. The number of aliphatic hydroxyl groups excluding tert-OH is 1. The first-order chi connectivity index (χ1) is 12.1. The van der Waals surface area contributed by atoms with Crippen molar-refractivity contribution in [1.29, 1.82) is 0 Å². The fourth-order valence-electron chi connectivity index (χ4n) is 3.21. The second kappa shape index (κ2) is 7.36. The standard InChI is InChI=1S/C21H42O4Si2/c1-19(2,3)26(7,8)24-17-13-16(11-12-22)14-18(21(17)15-23-21)25-27(9,10)20(4,5)6/h11,17-18,22H,12-15H2,1-10H3/t17-,18-,21?/m1/s1. The van der Waals surface area contributed by atoms with E-state index in [-0.39, 0.29) is 34.5 Å². The van der Waals surface area contributed by atoms with Crippen LogP contribution in [-0.2, 0) is 13.6 Å². The van der Waals surface area contributed by atoms with Crippen LogP contribution in [0.15, 0.2) is 11.6 Å². The van der Waals surface area contributed by atoms with Gasteiger partial charge < -0.3 is 18.7 Å². The Morgan fingerprint density at radius 1 is 0.963 bits per heavy atom. The molecule has 1 N–H and O–H groups in total. The maximum atomic E-state index is 9.49. The van der Waals surface area contributed by atoms with Crippen molar-refractivity contribution < 1.29 is 18.7 Å². The summed E-state index contributed by atoms with van der Waals surface area (Å²) in [7, 11) is -3.86. The lowest BCUT2D eigenvalue weighted by molar-refractivity contribution is -0.0174. The van der Waals surface area contributed by atoms with E-state index in [9.17, 15) is 5.11 Å². The van der Waals surface area contributed by atoms with Crippen LogP contribution in [0.4, 0.5) is 0 Å². The molecule has 1 aliphatic heterocycles. The maximum absolute atomic E-state index is 9.49. The summed E-state index contributed by atoms with van der Waals surface area (Å²) in [6.07, 6.45) is 3.65. The molecule has 0 aromatic heterocycles. The lowest BCUT2D eigenvalue weighted by Gasteiger charge is -2.48. The van der Waals surface area contributed by atoms with Gasteiger partial charge in [0, 0.05) is 0 Å². The molecular formula is C21H42O4Si2. The molecule has 2 fully saturated rings. The van der Waals surface area contributed by atoms with Crippen molar-refractivity contribution in [3.8, 4) is 0 Å². The number of rotatable bonds is 5. The molecule has 0 radical (unpaired) electrons. The molecule has 158 valence electrons. The molecule has 1 aliphatic carbocycles. The summed E-state index contributed by atoms with van der Waals surface area (Å²) in [6.45, 7) is 23.6. The van der Waals surface area contributed by atoms with Gasteiger partial charge in [0.25, 0.3) is 0 Å². The van der Waals surface area contributed by atoms with Crippen molar-refractivity contribution in [3.63, 3.8) is 0 Å². The van der Waals surface area contributed by atoms with Gasteiger partial charge in [-0.3, -0.25) is 0 Å². The molecular weight excluding hydrogens is 372 g/mol. The van der Waals surface area contributed by atoms with Gasteiger partial charge in [-0.2, -0.15) is 0 Å². The molecule has 4 nitrogen and oxygen atoms in total. The predicted octanol–water partition coefficient (Wildman–Crippen LogP) is 5.25. The van der Waals surface area contributed by atoms with Crippen molar-refractivity contribution in [3.05, 3.63) is 11.6 Å². The van der Waals surface area contributed by atoms with E-state index in [1.165, 1.54) is 5.57 Å². The van der Waals surface area contributed by atoms with Gasteiger partial charge in [0.1, 0.15) is 5.60 Å². The van der Waals surface area contributed by atoms with Crippen LogP contribution in [0, 0.1) is 0 Å². The molecule has 2 aliphatic rings. The Kier molecular flexibility index (Phi) is 6.35. The summed E-state index contributed by atoms with van der Waals surface area (Å²) in [5, 5.41) is 9.79. The zero-order valence-corrected chi connectivity index (χ0v) is 21.2. The van der Waals surface area contributed by atoms with E-state index in [4.69, 9.17) is 13.6 Å². The van der Waals surface area contributed by atoms with E-state index < -0.39 is 16.6 Å². The monoisotopic (exact) mass is 414 g/mol. The maximum Gasteiger partial charge on any atom is 0.192 e. The lowest BCUT2D eigenvalue weighted by Crippen LogP contribution is -2.57. The van der Waals surface area contributed by atoms with Crippen molar-refractivity contribution in [2.24, 2.45) is 0 Å². The Morgan fingerprint density at radius 2 is 1.33 bits per heavy atom. The highest BCUT2D eigenvalue weighted by Gasteiger charge is 2.63. The Bertz CT molecular complexity index is 524. The van der Waals surface area contributed by atoms with E-state index in [0.717, 1.165) is 19.4 Å². The van der Waals surface area contributed by atoms with Crippen LogP contribution in [0.5, 0.6) is 0 Å². The Hall–Kier alpha value is 0.0138. The highest BCUT2D eigenvalue weighted by atomic mass is 28.4. The molecule has 0 amide bonds. The highest BCUT2D eigenvalue weighted by Crippen LogP contribution is 2.51. The highest BCUT2D eigenvalue weighted by molar-refractivity contribution is 6.74. The minimum Gasteiger partial charge on any atom is -0.410 e. The largest absolute Gasteiger partial charge is 0.410 e. The first-order valence-corrected chi connectivity index (χ1v) is 16.2. The van der Waals surface area contributed by atoms with Crippen LogP contribution >= 0.6 is 0 Å². The average molecular weight is 415 g/mol. The van der Waals surface area contributed by atoms with Gasteiger partial charge in [0.05, 0.1) is 25.4 Å². The molecule has 27 heavy (non-hydrogen) atoms. The summed E-state index contributed by atoms with van der Waals surface area (Å²) in [5.74, 6) is 0. The second-order valence-electron chi connectivity index (χ2n) is 11.4. The van der Waals surface area contributed by atoms with E-state index in [0.29, 0.717) is 0 Å². The molecule has 2 rings (SSSR count). The quantitative estimate of drug-likeness (QED) is 0.379. The third kappa shape index (κ3) is 4.78. The minimum absolute atomic E-state index is 0.0136. The second-order valence-corrected chi connectivity index (χ2v) is 20.9. The van der Waals surface area contributed by atoms with Crippen LogP contribution in [0.3, 0.4) is 0 Å². The van der Waals surface area contributed by atoms with Gasteiger partial charge in [-0.05, 0) is 49.1 Å². The van der Waals surface area contributed by atoms with Gasteiger partial charge in [-0.15, -0.1) is 0 Å². The number of ether oxygens (including phenoxy) is 1. The fourth-order valence-corrected chi connectivity index (χ4v) is 5.91. The van der Waals surface area contributed by atoms with Crippen molar-refractivity contribution >= 4 is 16.6 Å². The summed E-state index contributed by atoms with van der Waals surface area (Å²) in [6, 6.07) is 0. The number of aliphatic hydroxyl groups is 1. The molecule has 2 atom stereocenters. The third-order valence-corrected chi connectivity index (χ3v) is 16.3. The number of hydrogen-bond acceptors (Lipinski definition) is 4. The molecule has 1 saturated heterocycles. The zero-order chi connectivity index (χ0) is 20.9. The molecule has 1 heterocycles. The van der Waals surface area contributed by atoms with Crippen LogP contribution in [0.1, 0.15) is 54.4 Å². The lowest BCUT2D eigenvalue weighted by atomic mass is 9.81.